The molecule has 3 rings (SSSR count). The average Bonchev–Trinajstić information content (AvgIpc) is 3.08. The SMILES string of the molecule is O=C(C=Cc1ccco1)c1ccc(Sc2ccccc2)cc1. The van der Waals surface area contributed by atoms with Crippen LogP contribution < -0.4 is 0 Å². The molecule has 0 aliphatic heterocycles. The zero-order valence-corrected chi connectivity index (χ0v) is 12.6. The molecular formula is C19H14O2S. The molecule has 1 aromatic heterocycles. The minimum absolute atomic E-state index is 0.0346. The molecule has 0 aliphatic carbocycles. The maximum absolute atomic E-state index is 12.1. The van der Waals surface area contributed by atoms with Gasteiger partial charge in [-0.15, -0.1) is 0 Å². The number of benzene rings is 2. The number of hydrogen-bond donors (Lipinski definition) is 0. The first-order chi connectivity index (χ1) is 10.8. The summed E-state index contributed by atoms with van der Waals surface area (Å²) in [5.74, 6) is 0.636. The molecule has 0 bridgehead atoms. The van der Waals surface area contributed by atoms with E-state index < -0.39 is 0 Å². The lowest BCUT2D eigenvalue weighted by atomic mass is 10.1. The minimum atomic E-state index is -0.0346. The Labute approximate surface area is 133 Å². The van der Waals surface area contributed by atoms with E-state index in [1.807, 2.05) is 48.5 Å². The number of furan rings is 1. The van der Waals surface area contributed by atoms with Crippen LogP contribution in [0.2, 0.25) is 0 Å². The Balaban J connectivity index is 1.67. The maximum atomic E-state index is 12.1. The molecular weight excluding hydrogens is 292 g/mol. The highest BCUT2D eigenvalue weighted by atomic mass is 32.2. The van der Waals surface area contributed by atoms with Gasteiger partial charge in [-0.1, -0.05) is 30.0 Å². The van der Waals surface area contributed by atoms with E-state index in [0.717, 1.165) is 4.90 Å². The highest BCUT2D eigenvalue weighted by molar-refractivity contribution is 7.99. The first kappa shape index (κ1) is 14.4. The summed E-state index contributed by atoms with van der Waals surface area (Å²) >= 11 is 1.68. The van der Waals surface area contributed by atoms with E-state index >= 15 is 0 Å². The normalized spacial score (nSPS) is 10.9. The Bertz CT molecular complexity index is 757. The van der Waals surface area contributed by atoms with E-state index in [1.165, 1.54) is 11.0 Å². The number of hydrogen-bond acceptors (Lipinski definition) is 3. The molecule has 0 saturated carbocycles. The van der Waals surface area contributed by atoms with Crippen molar-refractivity contribution >= 4 is 23.6 Å². The van der Waals surface area contributed by atoms with Crippen molar-refractivity contribution in [3.63, 3.8) is 0 Å². The summed E-state index contributed by atoms with van der Waals surface area (Å²) in [6.45, 7) is 0. The molecule has 0 amide bonds. The molecule has 0 spiro atoms. The Morgan fingerprint density at radius 1 is 0.864 bits per heavy atom. The Morgan fingerprint density at radius 2 is 1.59 bits per heavy atom. The van der Waals surface area contributed by atoms with Gasteiger partial charge < -0.3 is 4.42 Å². The highest BCUT2D eigenvalue weighted by Gasteiger charge is 2.03. The summed E-state index contributed by atoms with van der Waals surface area (Å²) in [7, 11) is 0. The topological polar surface area (TPSA) is 30.2 Å². The van der Waals surface area contributed by atoms with Gasteiger partial charge in [0.25, 0.3) is 0 Å². The van der Waals surface area contributed by atoms with Crippen LogP contribution in [0.25, 0.3) is 6.08 Å². The third-order valence-corrected chi connectivity index (χ3v) is 4.08. The van der Waals surface area contributed by atoms with Crippen molar-refractivity contribution in [1.29, 1.82) is 0 Å². The van der Waals surface area contributed by atoms with Crippen LogP contribution in [-0.2, 0) is 0 Å². The zero-order valence-electron chi connectivity index (χ0n) is 11.8. The Hall–Kier alpha value is -2.52. The van der Waals surface area contributed by atoms with Gasteiger partial charge in [-0.25, -0.2) is 0 Å². The molecule has 2 aromatic carbocycles. The van der Waals surface area contributed by atoms with Crippen molar-refractivity contribution in [2.45, 2.75) is 9.79 Å². The van der Waals surface area contributed by atoms with Crippen LogP contribution in [0.4, 0.5) is 0 Å². The monoisotopic (exact) mass is 306 g/mol. The first-order valence-electron chi connectivity index (χ1n) is 6.90. The Morgan fingerprint density at radius 3 is 2.27 bits per heavy atom. The third kappa shape index (κ3) is 3.77. The fourth-order valence-corrected chi connectivity index (χ4v) is 2.79. The molecule has 3 heteroatoms. The average molecular weight is 306 g/mol. The summed E-state index contributed by atoms with van der Waals surface area (Å²) in [5, 5.41) is 0. The fraction of sp³-hybridized carbons (Fsp3) is 0. The number of carbonyl (C=O) groups is 1. The summed E-state index contributed by atoms with van der Waals surface area (Å²) in [6.07, 6.45) is 4.78. The fourth-order valence-electron chi connectivity index (χ4n) is 1.95. The molecule has 108 valence electrons. The lowest BCUT2D eigenvalue weighted by molar-refractivity contribution is 0.104. The molecule has 0 radical (unpaired) electrons. The van der Waals surface area contributed by atoms with Gasteiger partial charge in [0.1, 0.15) is 5.76 Å². The quantitative estimate of drug-likeness (QED) is 0.471. The van der Waals surface area contributed by atoms with E-state index in [2.05, 4.69) is 12.1 Å². The molecule has 0 saturated heterocycles. The van der Waals surface area contributed by atoms with Crippen molar-refractivity contribution in [2.24, 2.45) is 0 Å². The van der Waals surface area contributed by atoms with Crippen LogP contribution in [0.1, 0.15) is 16.1 Å². The van der Waals surface area contributed by atoms with E-state index in [4.69, 9.17) is 4.42 Å². The van der Waals surface area contributed by atoms with Gasteiger partial charge in [0, 0.05) is 15.4 Å². The molecule has 0 fully saturated rings. The summed E-state index contributed by atoms with van der Waals surface area (Å²) in [4.78, 5) is 14.4. The number of carbonyl (C=O) groups excluding carboxylic acids is 1. The Kier molecular flexibility index (Phi) is 4.56. The van der Waals surface area contributed by atoms with Crippen molar-refractivity contribution in [2.75, 3.05) is 0 Å². The van der Waals surface area contributed by atoms with Gasteiger partial charge in [-0.05, 0) is 60.7 Å². The molecule has 0 aliphatic rings. The van der Waals surface area contributed by atoms with Gasteiger partial charge in [0.05, 0.1) is 6.26 Å². The number of allylic oxidation sites excluding steroid dienone is 1. The molecule has 1 heterocycles. The zero-order chi connectivity index (χ0) is 15.2. The second kappa shape index (κ2) is 6.96. The van der Waals surface area contributed by atoms with E-state index in [-0.39, 0.29) is 5.78 Å². The van der Waals surface area contributed by atoms with Crippen molar-refractivity contribution in [1.82, 2.24) is 0 Å². The number of ketones is 1. The predicted molar refractivity (Wildman–Crippen MR) is 89.1 cm³/mol. The van der Waals surface area contributed by atoms with Gasteiger partial charge >= 0.3 is 0 Å². The molecule has 0 unspecified atom stereocenters. The van der Waals surface area contributed by atoms with Crippen molar-refractivity contribution < 1.29 is 9.21 Å². The van der Waals surface area contributed by atoms with Crippen LogP contribution in [0.15, 0.2) is 93.3 Å². The maximum Gasteiger partial charge on any atom is 0.185 e. The molecule has 22 heavy (non-hydrogen) atoms. The molecule has 0 N–H and O–H groups in total. The highest BCUT2D eigenvalue weighted by Crippen LogP contribution is 2.27. The minimum Gasteiger partial charge on any atom is -0.465 e. The molecule has 2 nitrogen and oxygen atoms in total. The second-order valence-electron chi connectivity index (χ2n) is 4.65. The van der Waals surface area contributed by atoms with E-state index in [0.29, 0.717) is 11.3 Å². The second-order valence-corrected chi connectivity index (χ2v) is 5.80. The smallest absolute Gasteiger partial charge is 0.185 e. The first-order valence-corrected chi connectivity index (χ1v) is 7.72. The van der Waals surface area contributed by atoms with E-state index in [9.17, 15) is 4.79 Å². The van der Waals surface area contributed by atoms with Crippen LogP contribution in [0, 0.1) is 0 Å². The van der Waals surface area contributed by atoms with Gasteiger partial charge in [-0.3, -0.25) is 4.79 Å². The largest absolute Gasteiger partial charge is 0.465 e. The third-order valence-electron chi connectivity index (χ3n) is 3.06. The molecule has 3 aromatic rings. The van der Waals surface area contributed by atoms with Crippen molar-refractivity contribution in [3.8, 4) is 0 Å². The van der Waals surface area contributed by atoms with Crippen LogP contribution in [0.5, 0.6) is 0 Å². The lowest BCUT2D eigenvalue weighted by Crippen LogP contribution is -1.93. The summed E-state index contributed by atoms with van der Waals surface area (Å²) in [6, 6.07) is 21.4. The predicted octanol–water partition coefficient (Wildman–Crippen LogP) is 5.33. The summed E-state index contributed by atoms with van der Waals surface area (Å²) < 4.78 is 5.16. The van der Waals surface area contributed by atoms with Crippen LogP contribution in [-0.4, -0.2) is 5.78 Å². The summed E-state index contributed by atoms with van der Waals surface area (Å²) in [5.41, 5.74) is 0.667. The lowest BCUT2D eigenvalue weighted by Gasteiger charge is -2.02. The standard InChI is InChI=1S/C19H14O2S/c20-19(13-10-16-5-4-14-21-16)15-8-11-18(12-9-15)22-17-6-2-1-3-7-17/h1-14H. The van der Waals surface area contributed by atoms with Crippen molar-refractivity contribution in [3.05, 3.63) is 90.4 Å². The van der Waals surface area contributed by atoms with E-state index in [1.54, 1.807) is 30.2 Å². The van der Waals surface area contributed by atoms with Crippen LogP contribution >= 0.6 is 11.8 Å². The molecule has 0 atom stereocenters. The van der Waals surface area contributed by atoms with Gasteiger partial charge in [0.2, 0.25) is 0 Å². The van der Waals surface area contributed by atoms with Crippen LogP contribution in [0.3, 0.4) is 0 Å². The number of rotatable bonds is 5. The van der Waals surface area contributed by atoms with Gasteiger partial charge in [-0.2, -0.15) is 0 Å². The van der Waals surface area contributed by atoms with Gasteiger partial charge in [0.15, 0.2) is 5.78 Å².